The van der Waals surface area contributed by atoms with Gasteiger partial charge in [-0.25, -0.2) is 0 Å². The molecule has 1 heterocycles. The average molecular weight is 826 g/mol. The maximum absolute atomic E-state index is 4.83. The zero-order valence-corrected chi connectivity index (χ0v) is 34.7. The Morgan fingerprint density at radius 2 is 0.441 bits per heavy atom. The van der Waals surface area contributed by atoms with Gasteiger partial charge in [0.2, 0.25) is 0 Å². The van der Waals surface area contributed by atoms with E-state index in [0.717, 1.165) is 0 Å². The highest BCUT2D eigenvalue weighted by Gasteiger charge is 2.73. The monoisotopic (exact) mass is 825 g/mol. The third-order valence-corrected chi connectivity index (χ3v) is 25.2. The molecule has 1 heteroatoms. The summed E-state index contributed by atoms with van der Waals surface area (Å²) in [6.45, 7) is 2.38. The molecule has 68 heavy (non-hydrogen) atoms. The van der Waals surface area contributed by atoms with Crippen LogP contribution in [-0.2, 0) is 11.0 Å². The molecule has 2 spiro atoms. The summed E-state index contributed by atoms with van der Waals surface area (Å²) in [4.78, 5) is 0. The van der Waals surface area contributed by atoms with Crippen LogP contribution in [0.25, 0.3) is 291 Å². The van der Waals surface area contributed by atoms with Crippen LogP contribution >= 0.6 is 0 Å². The molecule has 2 unspecified atom stereocenters. The van der Waals surface area contributed by atoms with Gasteiger partial charge in [0, 0.05) is 16.8 Å². The molecule has 29 aromatic carbocycles. The van der Waals surface area contributed by atoms with Crippen LogP contribution in [0.5, 0.6) is 0 Å². The maximum atomic E-state index is 4.83. The van der Waals surface area contributed by atoms with E-state index in [1.165, 1.54) is 11.3 Å². The summed E-state index contributed by atoms with van der Waals surface area (Å²) in [5.41, 5.74) is 10.3. The molecule has 4 aliphatic carbocycles. The van der Waals surface area contributed by atoms with E-state index in [4.69, 9.17) is 5.32 Å². The van der Waals surface area contributed by atoms with E-state index in [0.29, 0.717) is 0 Å². The second-order valence-electron chi connectivity index (χ2n) is 25.4. The lowest BCUT2D eigenvalue weighted by atomic mass is 9.53. The van der Waals surface area contributed by atoms with Crippen LogP contribution < -0.4 is 5.32 Å². The predicted molar refractivity (Wildman–Crippen MR) is 288 cm³/mol. The van der Waals surface area contributed by atoms with Crippen LogP contribution in [0, 0.1) is 6.92 Å². The number of benzene rings is 18. The van der Waals surface area contributed by atoms with E-state index < -0.39 is 5.54 Å². The van der Waals surface area contributed by atoms with Crippen molar-refractivity contribution in [3.63, 3.8) is 0 Å². The van der Waals surface area contributed by atoms with Crippen molar-refractivity contribution < 1.29 is 0 Å². The number of rotatable bonds is 0. The highest BCUT2D eigenvalue weighted by molar-refractivity contribution is 6.82. The molecule has 34 rings (SSSR count). The van der Waals surface area contributed by atoms with Crippen molar-refractivity contribution in [1.82, 2.24) is 0 Å². The van der Waals surface area contributed by atoms with Gasteiger partial charge in [0.25, 0.3) is 0 Å². The van der Waals surface area contributed by atoms with Crippen molar-refractivity contribution in [2.45, 2.75) is 17.9 Å². The quantitative estimate of drug-likeness (QED) is 0.150. The van der Waals surface area contributed by atoms with Gasteiger partial charge in [-0.05, 0) is 321 Å². The molecule has 0 saturated carbocycles. The second-order valence-corrected chi connectivity index (χ2v) is 25.4. The highest BCUT2D eigenvalue weighted by Crippen LogP contribution is 2.86. The van der Waals surface area contributed by atoms with Gasteiger partial charge in [-0.15, -0.1) is 0 Å². The van der Waals surface area contributed by atoms with Crippen molar-refractivity contribution >= 4 is 297 Å². The SMILES string of the molecule is Cc1ccc2c(c1)C13c4c5c6c7c8c9c(c%10c%11c1c1c%12c4c4c%13c5c5c7c7c8c8c%14c9c%10c9c%10c%11c1c1c%11c%12c4c4c%12c%13c5c5c7c7c8c8c%14c9c9c%10c1c1c%11c4c4c%12c5c7c5c8c9c1c45)C63N2. The largest absolute Gasteiger partial charge is 0.370 e. The fourth-order valence-electron chi connectivity index (χ4n) is 25.2. The topological polar surface area (TPSA) is 12.0 Å². The van der Waals surface area contributed by atoms with Crippen LogP contribution in [0.15, 0.2) is 18.2 Å². The van der Waals surface area contributed by atoms with Crippen LogP contribution in [-0.4, -0.2) is 0 Å². The molecule has 1 nitrogen and oxygen atoms in total. The van der Waals surface area contributed by atoms with Crippen LogP contribution in [0.3, 0.4) is 0 Å². The predicted octanol–water partition coefficient (Wildman–Crippen LogP) is 18.0. The molecule has 1 aliphatic heterocycles. The minimum atomic E-state index is -0.450. The van der Waals surface area contributed by atoms with E-state index in [9.17, 15) is 0 Å². The van der Waals surface area contributed by atoms with E-state index in [-0.39, 0.29) is 5.41 Å². The molecule has 0 aromatic heterocycles. The maximum Gasteiger partial charge on any atom is 0.109 e. The molecule has 280 valence electrons. The van der Waals surface area contributed by atoms with Crippen LogP contribution in [0.1, 0.15) is 33.4 Å². The normalized spacial score (nSPS) is 22.4. The summed E-state index contributed by atoms with van der Waals surface area (Å²) in [6, 6.07) is 7.64. The van der Waals surface area contributed by atoms with Crippen LogP contribution in [0.2, 0.25) is 0 Å². The van der Waals surface area contributed by atoms with Gasteiger partial charge in [-0.2, -0.15) is 0 Å². The molecule has 5 aliphatic rings. The third kappa shape index (κ3) is 1.21. The van der Waals surface area contributed by atoms with E-state index in [1.54, 1.807) is 319 Å². The van der Waals surface area contributed by atoms with Crippen LogP contribution in [0.4, 0.5) is 5.69 Å². The molecule has 0 saturated heterocycles. The van der Waals surface area contributed by atoms with E-state index in [2.05, 4.69) is 25.1 Å². The second kappa shape index (κ2) is 5.33. The smallest absolute Gasteiger partial charge is 0.109 e. The van der Waals surface area contributed by atoms with Gasteiger partial charge in [-0.1, -0.05) is 17.7 Å². The van der Waals surface area contributed by atoms with E-state index >= 15 is 0 Å². The Bertz CT molecular complexity index is 7500. The Kier molecular flexibility index (Phi) is 1.90. The first-order chi connectivity index (χ1) is 33.8. The average Bonchev–Trinajstić information content (AvgIpc) is 4.26. The summed E-state index contributed by atoms with van der Waals surface area (Å²) in [7, 11) is 0. The molecule has 0 radical (unpaired) electrons. The van der Waals surface area contributed by atoms with Crippen molar-refractivity contribution in [2.75, 3.05) is 5.32 Å². The Morgan fingerprint density at radius 1 is 0.235 bits per heavy atom. The van der Waals surface area contributed by atoms with Gasteiger partial charge in [0.15, 0.2) is 0 Å². The first-order valence-corrected chi connectivity index (χ1v) is 25.5. The van der Waals surface area contributed by atoms with Crippen molar-refractivity contribution in [3.8, 4) is 0 Å². The van der Waals surface area contributed by atoms with Gasteiger partial charge in [0.1, 0.15) is 5.54 Å². The molecule has 0 bridgehead atoms. The fraction of sp³-hybridized carbons (Fsp3) is 0.0448. The Balaban J connectivity index is 1.23. The van der Waals surface area contributed by atoms with Crippen molar-refractivity contribution in [3.05, 3.63) is 51.6 Å². The number of fused-ring (bicyclic) bond motifs is 1. The van der Waals surface area contributed by atoms with Crippen molar-refractivity contribution in [2.24, 2.45) is 0 Å². The Morgan fingerprint density at radius 3 is 0.765 bits per heavy atom. The number of aryl methyl sites for hydroxylation is 1. The summed E-state index contributed by atoms with van der Waals surface area (Å²) in [6.07, 6.45) is 0. The van der Waals surface area contributed by atoms with Gasteiger partial charge < -0.3 is 5.32 Å². The molecule has 1 N–H and O–H groups in total. The standard InChI is InChI=1S/C67H7N/c1-5-2-3-7-6(4-5)66-62-55-48-36-28-19-10-8-9-11-14(10)23-30(28)38-39-31(23)29-20(11)22-18-13(9)16-15-12(8)17-21(19)34(36)42-40-26(17)24(15)32-33-25(16)27(18)41-43-35(22)37(29)49-51(39)60(59(62)50(38)48)64-57(49)54(43)58-47(41)45(33)52-44(32)46(40)56(53(42)55)63(66)61(52)65(58)67(64,66)68-7/h2-4,68H,1H3. The molecular weight excluding hydrogens is 819 g/mol. The molecule has 29 aromatic rings. The molecule has 0 amide bonds. The zero-order chi connectivity index (χ0) is 40.0. The highest BCUT2D eigenvalue weighted by atomic mass is 15.1. The van der Waals surface area contributed by atoms with Crippen molar-refractivity contribution in [1.29, 1.82) is 0 Å². The van der Waals surface area contributed by atoms with Gasteiger partial charge >= 0.3 is 0 Å². The van der Waals surface area contributed by atoms with Gasteiger partial charge in [0.05, 0.1) is 5.41 Å². The first-order valence-electron chi connectivity index (χ1n) is 25.5. The third-order valence-electron chi connectivity index (χ3n) is 25.2. The summed E-state index contributed by atoms with van der Waals surface area (Å²) in [5, 5.41) is 94.4. The minimum absolute atomic E-state index is 0.389. The lowest BCUT2D eigenvalue weighted by Gasteiger charge is -2.48. The summed E-state index contributed by atoms with van der Waals surface area (Å²) >= 11 is 0. The number of anilines is 1. The number of hydrogen-bond acceptors (Lipinski definition) is 1. The molecule has 2 atom stereocenters. The molecular formula is C67H7N. The minimum Gasteiger partial charge on any atom is -0.370 e. The van der Waals surface area contributed by atoms with E-state index in [1.807, 2.05) is 0 Å². The molecule has 0 fully saturated rings. The lowest BCUT2D eigenvalue weighted by molar-refractivity contribution is 0.465. The summed E-state index contributed by atoms with van der Waals surface area (Å²) in [5.74, 6) is 0. The fourth-order valence-corrected chi connectivity index (χ4v) is 25.2. The zero-order valence-electron chi connectivity index (χ0n) is 34.7. The van der Waals surface area contributed by atoms with Gasteiger partial charge in [-0.3, -0.25) is 0 Å². The first kappa shape index (κ1) is 24.3. The number of nitrogens with one attached hydrogen (secondary N) is 1. The Labute approximate surface area is 369 Å². The lowest BCUT2D eigenvalue weighted by Crippen LogP contribution is -2.51. The Hall–Kier alpha value is -8.52. The summed E-state index contributed by atoms with van der Waals surface area (Å²) < 4.78 is 0. The number of hydrogen-bond donors (Lipinski definition) is 1.